The first-order chi connectivity index (χ1) is 13.5. The predicted molar refractivity (Wildman–Crippen MR) is 107 cm³/mol. The van der Waals surface area contributed by atoms with Crippen molar-refractivity contribution >= 4 is 23.2 Å². The van der Waals surface area contributed by atoms with Gasteiger partial charge in [-0.05, 0) is 57.7 Å². The number of fused-ring (bicyclic) bond motifs is 3. The number of anilines is 2. The minimum absolute atomic E-state index is 0.0685. The Bertz CT molecular complexity index is 901. The van der Waals surface area contributed by atoms with Gasteiger partial charge in [0.05, 0.1) is 17.1 Å². The first-order valence-corrected chi connectivity index (χ1v) is 9.85. The number of aromatic nitrogens is 1. The molecule has 0 aliphatic carbocycles. The summed E-state index contributed by atoms with van der Waals surface area (Å²) >= 11 is 0. The molecule has 28 heavy (non-hydrogen) atoms. The number of carbonyl (C=O) groups excluding carboxylic acids is 2. The van der Waals surface area contributed by atoms with Crippen LogP contribution in [-0.4, -0.2) is 43.2 Å². The number of benzene rings is 1. The molecule has 1 fully saturated rings. The molecule has 0 radical (unpaired) electrons. The average molecular weight is 382 g/mol. The molecule has 2 aromatic rings. The third kappa shape index (κ3) is 3.15. The number of nitrogens with one attached hydrogen (secondary N) is 1. The van der Waals surface area contributed by atoms with E-state index in [1.54, 1.807) is 11.9 Å². The smallest absolute Gasteiger partial charge is 0.251 e. The van der Waals surface area contributed by atoms with Gasteiger partial charge in [-0.1, -0.05) is 5.16 Å². The van der Waals surface area contributed by atoms with Crippen LogP contribution in [0.2, 0.25) is 0 Å². The van der Waals surface area contributed by atoms with Gasteiger partial charge >= 0.3 is 0 Å². The van der Waals surface area contributed by atoms with E-state index in [0.29, 0.717) is 18.5 Å². The number of nitrogens with zero attached hydrogens (tertiary/aromatic N) is 3. The molecule has 1 unspecified atom stereocenters. The van der Waals surface area contributed by atoms with Crippen molar-refractivity contribution in [3.63, 3.8) is 0 Å². The van der Waals surface area contributed by atoms with E-state index < -0.39 is 0 Å². The molecule has 2 amide bonds. The maximum atomic E-state index is 12.7. The number of hydrogen-bond donors (Lipinski definition) is 1. The third-order valence-electron chi connectivity index (χ3n) is 5.87. The van der Waals surface area contributed by atoms with Gasteiger partial charge in [-0.3, -0.25) is 9.59 Å². The fraction of sp³-hybridized carbons (Fsp3) is 0.476. The van der Waals surface area contributed by atoms with Gasteiger partial charge in [0, 0.05) is 31.3 Å². The molecule has 7 nitrogen and oxygen atoms in total. The summed E-state index contributed by atoms with van der Waals surface area (Å²) in [6.07, 6.45) is 3.75. The SMILES string of the molecule is Cc1noc(C)c1CCNC(=O)c1ccc2c(c1)N(C)C(=O)C1CCCCN21. The lowest BCUT2D eigenvalue weighted by Gasteiger charge is -2.44. The van der Waals surface area contributed by atoms with Crippen LogP contribution in [0.25, 0.3) is 0 Å². The molecule has 1 N–H and O–H groups in total. The van der Waals surface area contributed by atoms with E-state index in [0.717, 1.165) is 54.2 Å². The summed E-state index contributed by atoms with van der Waals surface area (Å²) in [7, 11) is 1.80. The minimum atomic E-state index is -0.142. The Hall–Kier alpha value is -2.83. The number of aryl methyl sites for hydroxylation is 2. The zero-order valence-electron chi connectivity index (χ0n) is 16.6. The lowest BCUT2D eigenvalue weighted by atomic mass is 9.96. The van der Waals surface area contributed by atoms with Gasteiger partial charge in [0.25, 0.3) is 5.91 Å². The minimum Gasteiger partial charge on any atom is -0.361 e. The topological polar surface area (TPSA) is 78.7 Å². The van der Waals surface area contributed by atoms with Crippen molar-refractivity contribution < 1.29 is 14.1 Å². The number of carbonyl (C=O) groups is 2. The molecule has 1 atom stereocenters. The fourth-order valence-electron chi connectivity index (χ4n) is 4.26. The number of amides is 2. The van der Waals surface area contributed by atoms with E-state index in [9.17, 15) is 9.59 Å². The van der Waals surface area contributed by atoms with E-state index in [1.807, 2.05) is 32.0 Å². The Morgan fingerprint density at radius 1 is 1.29 bits per heavy atom. The highest BCUT2D eigenvalue weighted by atomic mass is 16.5. The summed E-state index contributed by atoms with van der Waals surface area (Å²) in [6.45, 7) is 5.17. The highest BCUT2D eigenvalue weighted by molar-refractivity contribution is 6.07. The molecule has 2 aliphatic rings. The largest absolute Gasteiger partial charge is 0.361 e. The lowest BCUT2D eigenvalue weighted by Crippen LogP contribution is -2.54. The molecule has 0 saturated carbocycles. The van der Waals surface area contributed by atoms with Crippen LogP contribution >= 0.6 is 0 Å². The molecule has 0 spiro atoms. The second kappa shape index (κ2) is 7.30. The second-order valence-corrected chi connectivity index (χ2v) is 7.61. The fourth-order valence-corrected chi connectivity index (χ4v) is 4.26. The molecule has 1 aromatic carbocycles. The molecular weight excluding hydrogens is 356 g/mol. The Balaban J connectivity index is 1.49. The zero-order valence-corrected chi connectivity index (χ0v) is 16.6. The molecule has 2 aliphatic heterocycles. The van der Waals surface area contributed by atoms with Gasteiger partial charge in [-0.2, -0.15) is 0 Å². The number of rotatable bonds is 4. The van der Waals surface area contributed by atoms with Crippen LogP contribution in [0.3, 0.4) is 0 Å². The van der Waals surface area contributed by atoms with Crippen molar-refractivity contribution in [3.05, 3.63) is 40.8 Å². The van der Waals surface area contributed by atoms with Crippen LogP contribution < -0.4 is 15.1 Å². The normalized spacial score (nSPS) is 18.7. The summed E-state index contributed by atoms with van der Waals surface area (Å²) in [6, 6.07) is 5.57. The average Bonchev–Trinajstić information content (AvgIpc) is 3.03. The summed E-state index contributed by atoms with van der Waals surface area (Å²) in [5, 5.41) is 6.89. The van der Waals surface area contributed by atoms with Gasteiger partial charge in [0.2, 0.25) is 5.91 Å². The van der Waals surface area contributed by atoms with Crippen LogP contribution in [0.4, 0.5) is 11.4 Å². The van der Waals surface area contributed by atoms with Crippen molar-refractivity contribution in [2.75, 3.05) is 29.9 Å². The van der Waals surface area contributed by atoms with Gasteiger partial charge in [-0.15, -0.1) is 0 Å². The van der Waals surface area contributed by atoms with E-state index >= 15 is 0 Å². The van der Waals surface area contributed by atoms with Crippen LogP contribution in [0.5, 0.6) is 0 Å². The summed E-state index contributed by atoms with van der Waals surface area (Å²) in [5.74, 6) is 0.760. The van der Waals surface area contributed by atoms with Crippen molar-refractivity contribution in [3.8, 4) is 0 Å². The van der Waals surface area contributed by atoms with Gasteiger partial charge in [0.1, 0.15) is 11.8 Å². The molecule has 3 heterocycles. The Morgan fingerprint density at radius 2 is 2.11 bits per heavy atom. The lowest BCUT2D eigenvalue weighted by molar-refractivity contribution is -0.120. The monoisotopic (exact) mass is 382 g/mol. The molecule has 1 saturated heterocycles. The van der Waals surface area contributed by atoms with E-state index in [1.165, 1.54) is 0 Å². The molecule has 0 bridgehead atoms. The van der Waals surface area contributed by atoms with Crippen molar-refractivity contribution in [2.24, 2.45) is 0 Å². The first kappa shape index (κ1) is 18.5. The third-order valence-corrected chi connectivity index (χ3v) is 5.87. The maximum Gasteiger partial charge on any atom is 0.251 e. The zero-order chi connectivity index (χ0) is 19.8. The first-order valence-electron chi connectivity index (χ1n) is 9.85. The molecule has 7 heteroatoms. The summed E-state index contributed by atoms with van der Waals surface area (Å²) in [4.78, 5) is 29.3. The number of likely N-dealkylation sites (N-methyl/N-ethyl adjacent to an activating group) is 1. The van der Waals surface area contributed by atoms with Crippen LogP contribution in [-0.2, 0) is 11.2 Å². The van der Waals surface area contributed by atoms with Gasteiger partial charge in [0.15, 0.2) is 0 Å². The highest BCUT2D eigenvalue weighted by Gasteiger charge is 2.37. The Morgan fingerprint density at radius 3 is 2.86 bits per heavy atom. The van der Waals surface area contributed by atoms with Crippen LogP contribution in [0.15, 0.2) is 22.7 Å². The molecule has 4 rings (SSSR count). The van der Waals surface area contributed by atoms with E-state index in [-0.39, 0.29) is 17.9 Å². The molecular formula is C21H26N4O3. The number of piperidine rings is 1. The maximum absolute atomic E-state index is 12.7. The predicted octanol–water partition coefficient (Wildman–Crippen LogP) is 2.60. The summed E-state index contributed by atoms with van der Waals surface area (Å²) in [5.41, 5.74) is 4.30. The standard InChI is InChI=1S/C21H26N4O3/c1-13-16(14(2)28-23-13)9-10-22-20(26)15-7-8-17-19(12-15)24(3)21(27)18-6-4-5-11-25(17)18/h7-8,12,18H,4-6,9-11H2,1-3H3,(H,22,26). The van der Waals surface area contributed by atoms with Crippen LogP contribution in [0.1, 0.15) is 46.6 Å². The van der Waals surface area contributed by atoms with Crippen molar-refractivity contribution in [1.29, 1.82) is 0 Å². The quantitative estimate of drug-likeness (QED) is 0.879. The molecule has 1 aromatic heterocycles. The van der Waals surface area contributed by atoms with Crippen molar-refractivity contribution in [1.82, 2.24) is 10.5 Å². The second-order valence-electron chi connectivity index (χ2n) is 7.61. The van der Waals surface area contributed by atoms with E-state index in [2.05, 4.69) is 15.4 Å². The van der Waals surface area contributed by atoms with Gasteiger partial charge in [-0.25, -0.2) is 0 Å². The van der Waals surface area contributed by atoms with Gasteiger partial charge < -0.3 is 19.6 Å². The summed E-state index contributed by atoms with van der Waals surface area (Å²) < 4.78 is 5.16. The van der Waals surface area contributed by atoms with Crippen molar-refractivity contribution in [2.45, 2.75) is 45.6 Å². The Kier molecular flexibility index (Phi) is 4.83. The molecule has 148 valence electrons. The van der Waals surface area contributed by atoms with E-state index in [4.69, 9.17) is 4.52 Å². The van der Waals surface area contributed by atoms with Crippen LogP contribution in [0, 0.1) is 13.8 Å². The highest BCUT2D eigenvalue weighted by Crippen LogP contribution is 2.39. The number of hydrogen-bond acceptors (Lipinski definition) is 5. The Labute approximate surface area is 164 Å².